The van der Waals surface area contributed by atoms with Crippen LogP contribution in [0.2, 0.25) is 10.0 Å². The molecule has 2 aromatic carbocycles. The summed E-state index contributed by atoms with van der Waals surface area (Å²) < 4.78 is 47.7. The zero-order valence-corrected chi connectivity index (χ0v) is 23.3. The van der Waals surface area contributed by atoms with Gasteiger partial charge in [-0.2, -0.15) is 4.39 Å². The van der Waals surface area contributed by atoms with Gasteiger partial charge in [-0.25, -0.2) is 9.37 Å². The summed E-state index contributed by atoms with van der Waals surface area (Å²) in [4.78, 5) is 5.89. The average Bonchev–Trinajstić information content (AvgIpc) is 2.90. The molecular weight excluding hydrogens is 559 g/mol. The number of anilines is 2. The number of rotatable bonds is 11. The maximum Gasteiger partial charge on any atom is 0.214 e. The third-order valence-corrected chi connectivity index (χ3v) is 8.25. The van der Waals surface area contributed by atoms with Crippen molar-refractivity contribution in [3.8, 4) is 11.5 Å². The first-order valence-electron chi connectivity index (χ1n) is 11.6. The first kappa shape index (κ1) is 28.5. The average molecular weight is 586 g/mol. The molecule has 0 unspecified atom stereocenters. The lowest BCUT2D eigenvalue weighted by atomic mass is 9.90. The Bertz CT molecular complexity index is 1300. The Hall–Kier alpha value is -2.50. The number of aliphatic hydroxyl groups excluding tert-OH is 1. The number of aliphatic hydroxyl groups is 1. The fourth-order valence-electron chi connectivity index (χ4n) is 4.24. The summed E-state index contributed by atoms with van der Waals surface area (Å²) in [6.45, 7) is 1.02. The molecule has 0 amide bonds. The quantitative estimate of drug-likeness (QED) is 0.167. The number of nitrogens with zero attached hydrogens (tertiary/aromatic N) is 3. The molecule has 7 nitrogen and oxygen atoms in total. The molecule has 0 radical (unpaired) electrons. The summed E-state index contributed by atoms with van der Waals surface area (Å²) in [6.07, 6.45) is 0.451. The molecule has 1 aromatic heterocycles. The van der Waals surface area contributed by atoms with Gasteiger partial charge in [0.25, 0.3) is 0 Å². The topological polar surface area (TPSA) is 67.3 Å². The number of hydrogen-bond acceptors (Lipinski definition) is 8. The maximum absolute atomic E-state index is 15.7. The van der Waals surface area contributed by atoms with Crippen LogP contribution in [0.15, 0.2) is 47.4 Å². The number of methoxy groups -OCH3 is 3. The summed E-state index contributed by atoms with van der Waals surface area (Å²) in [5, 5.41) is 9.37. The number of benzene rings is 2. The van der Waals surface area contributed by atoms with Crippen molar-refractivity contribution in [2.75, 3.05) is 50.2 Å². The second-order valence-corrected chi connectivity index (χ2v) is 10.5. The highest BCUT2D eigenvalue weighted by Crippen LogP contribution is 2.45. The van der Waals surface area contributed by atoms with Gasteiger partial charge in [0.2, 0.25) is 5.95 Å². The van der Waals surface area contributed by atoms with Crippen LogP contribution < -0.4 is 18.7 Å². The first-order chi connectivity index (χ1) is 18.2. The maximum atomic E-state index is 15.7. The second kappa shape index (κ2) is 12.1. The standard InChI is InChI=1S/C26H27Cl2F2N3O4S/c1-35-17-8-7-16(20(11-17)36-2)13-33(22-6-4-5-21(29)31-22)38-25-18(27)12-19(23(28)24(25)30)32-14-26(15-32,37-3)9-10-34/h4-8,11-12,34H,9-10,13-15H2,1-3H3. The van der Waals surface area contributed by atoms with Gasteiger partial charge >= 0.3 is 0 Å². The van der Waals surface area contributed by atoms with E-state index in [4.69, 9.17) is 37.4 Å². The van der Waals surface area contributed by atoms with Crippen LogP contribution in [0.5, 0.6) is 11.5 Å². The molecule has 204 valence electrons. The zero-order valence-electron chi connectivity index (χ0n) is 21.0. The molecule has 1 saturated heterocycles. The number of ether oxygens (including phenoxy) is 3. The van der Waals surface area contributed by atoms with E-state index in [0.29, 0.717) is 36.7 Å². The third-order valence-electron chi connectivity index (χ3n) is 6.36. The van der Waals surface area contributed by atoms with Crippen molar-refractivity contribution in [3.05, 3.63) is 69.8 Å². The lowest BCUT2D eigenvalue weighted by Gasteiger charge is -2.50. The molecule has 1 fully saturated rings. The van der Waals surface area contributed by atoms with Gasteiger partial charge in [0.15, 0.2) is 5.82 Å². The third kappa shape index (κ3) is 5.89. The Labute approximate surface area is 234 Å². The van der Waals surface area contributed by atoms with Gasteiger partial charge in [-0.15, -0.1) is 0 Å². The van der Waals surface area contributed by atoms with E-state index in [9.17, 15) is 9.50 Å². The minimum absolute atomic E-state index is 0.0248. The van der Waals surface area contributed by atoms with Crippen LogP contribution in [0.25, 0.3) is 0 Å². The molecule has 12 heteroatoms. The van der Waals surface area contributed by atoms with Crippen LogP contribution in [0.4, 0.5) is 20.3 Å². The summed E-state index contributed by atoms with van der Waals surface area (Å²) >= 11 is 14.0. The number of hydrogen-bond donors (Lipinski definition) is 1. The molecule has 1 aliphatic rings. The number of halogens is 4. The molecule has 0 saturated carbocycles. The fraction of sp³-hybridized carbons (Fsp3) is 0.346. The van der Waals surface area contributed by atoms with Gasteiger partial charge in [-0.3, -0.25) is 4.31 Å². The molecule has 1 aliphatic heterocycles. The molecule has 2 heterocycles. The predicted molar refractivity (Wildman–Crippen MR) is 146 cm³/mol. The minimum Gasteiger partial charge on any atom is -0.497 e. The van der Waals surface area contributed by atoms with E-state index in [-0.39, 0.29) is 33.9 Å². The van der Waals surface area contributed by atoms with Gasteiger partial charge < -0.3 is 24.2 Å². The zero-order chi connectivity index (χ0) is 27.4. The summed E-state index contributed by atoms with van der Waals surface area (Å²) in [5.74, 6) is -0.00209. The predicted octanol–water partition coefficient (Wildman–Crippen LogP) is 5.99. The summed E-state index contributed by atoms with van der Waals surface area (Å²) in [6, 6.07) is 11.2. The van der Waals surface area contributed by atoms with Crippen LogP contribution in [-0.4, -0.2) is 56.7 Å². The van der Waals surface area contributed by atoms with Gasteiger partial charge in [0, 0.05) is 44.9 Å². The lowest BCUT2D eigenvalue weighted by molar-refractivity contribution is -0.0488. The van der Waals surface area contributed by atoms with E-state index >= 15 is 4.39 Å². The molecule has 4 rings (SSSR count). The van der Waals surface area contributed by atoms with Crippen LogP contribution in [0, 0.1) is 11.8 Å². The Balaban J connectivity index is 1.66. The highest BCUT2D eigenvalue weighted by atomic mass is 35.5. The Morgan fingerprint density at radius 1 is 1.11 bits per heavy atom. The summed E-state index contributed by atoms with van der Waals surface area (Å²) in [5.41, 5.74) is 0.633. The molecule has 0 aliphatic carbocycles. The van der Waals surface area contributed by atoms with Gasteiger partial charge in [0.05, 0.1) is 36.4 Å². The van der Waals surface area contributed by atoms with Crippen LogP contribution in [0.3, 0.4) is 0 Å². The lowest BCUT2D eigenvalue weighted by Crippen LogP contribution is -2.63. The van der Waals surface area contributed by atoms with Crippen molar-refractivity contribution < 1.29 is 28.1 Å². The normalized spacial score (nSPS) is 14.3. The molecule has 0 spiro atoms. The second-order valence-electron chi connectivity index (χ2n) is 8.68. The fourth-order valence-corrected chi connectivity index (χ4v) is 5.80. The van der Waals surface area contributed by atoms with Gasteiger partial charge in [-0.05, 0) is 42.3 Å². The Morgan fingerprint density at radius 3 is 2.50 bits per heavy atom. The largest absolute Gasteiger partial charge is 0.497 e. The molecule has 0 atom stereocenters. The van der Waals surface area contributed by atoms with Crippen LogP contribution >= 0.6 is 35.1 Å². The van der Waals surface area contributed by atoms with E-state index in [1.165, 1.54) is 19.2 Å². The highest BCUT2D eigenvalue weighted by molar-refractivity contribution is 8.00. The highest BCUT2D eigenvalue weighted by Gasteiger charge is 2.44. The van der Waals surface area contributed by atoms with Gasteiger partial charge in [-0.1, -0.05) is 29.3 Å². The monoisotopic (exact) mass is 585 g/mol. The number of aromatic nitrogens is 1. The summed E-state index contributed by atoms with van der Waals surface area (Å²) in [7, 11) is 4.65. The Morgan fingerprint density at radius 2 is 1.87 bits per heavy atom. The van der Waals surface area contributed by atoms with E-state index in [1.807, 2.05) is 4.90 Å². The smallest absolute Gasteiger partial charge is 0.214 e. The van der Waals surface area contributed by atoms with E-state index < -0.39 is 17.4 Å². The first-order valence-corrected chi connectivity index (χ1v) is 13.1. The van der Waals surface area contributed by atoms with Gasteiger partial charge in [0.1, 0.15) is 27.9 Å². The Kier molecular flexibility index (Phi) is 9.10. The van der Waals surface area contributed by atoms with Crippen molar-refractivity contribution in [1.82, 2.24) is 4.98 Å². The molecular formula is C26H27Cl2F2N3O4S. The molecule has 38 heavy (non-hydrogen) atoms. The molecule has 0 bridgehead atoms. The van der Waals surface area contributed by atoms with Crippen molar-refractivity contribution in [3.63, 3.8) is 0 Å². The van der Waals surface area contributed by atoms with E-state index in [1.54, 1.807) is 48.9 Å². The van der Waals surface area contributed by atoms with E-state index in [2.05, 4.69) is 4.98 Å². The van der Waals surface area contributed by atoms with E-state index in [0.717, 1.165) is 17.5 Å². The van der Waals surface area contributed by atoms with Crippen molar-refractivity contribution in [2.24, 2.45) is 0 Å². The molecule has 1 N–H and O–H groups in total. The van der Waals surface area contributed by atoms with Crippen LogP contribution in [0.1, 0.15) is 12.0 Å². The minimum atomic E-state index is -0.709. The van der Waals surface area contributed by atoms with Crippen LogP contribution in [-0.2, 0) is 11.3 Å². The SMILES string of the molecule is COc1ccc(CN(Sc2c(Cl)cc(N3CC(CCO)(OC)C3)c(Cl)c2F)c2cccc(F)n2)c(OC)c1. The van der Waals surface area contributed by atoms with Crippen molar-refractivity contribution in [2.45, 2.75) is 23.5 Å². The van der Waals surface area contributed by atoms with Crippen molar-refractivity contribution in [1.29, 1.82) is 0 Å². The van der Waals surface area contributed by atoms with Crippen molar-refractivity contribution >= 4 is 46.7 Å². The molecule has 3 aromatic rings. The number of pyridine rings is 1.